The van der Waals surface area contributed by atoms with Gasteiger partial charge in [0.05, 0.1) is 6.10 Å². The van der Waals surface area contributed by atoms with Gasteiger partial charge in [-0.2, -0.15) is 0 Å². The quantitative estimate of drug-likeness (QED) is 0.536. The number of likely N-dealkylation sites (tertiary alicyclic amines) is 1. The molecule has 2 aromatic rings. The van der Waals surface area contributed by atoms with Gasteiger partial charge in [-0.3, -0.25) is 14.4 Å². The number of carbonyl (C=O) groups is 4. The predicted octanol–water partition coefficient (Wildman–Crippen LogP) is 2.47. The van der Waals surface area contributed by atoms with E-state index >= 15 is 0 Å². The van der Waals surface area contributed by atoms with Crippen LogP contribution < -0.4 is 15.5 Å². The molecule has 1 aliphatic heterocycles. The van der Waals surface area contributed by atoms with Gasteiger partial charge in [0, 0.05) is 49.0 Å². The van der Waals surface area contributed by atoms with E-state index in [1.807, 2.05) is 0 Å². The molecule has 1 fully saturated rings. The van der Waals surface area contributed by atoms with Crippen LogP contribution >= 0.6 is 11.6 Å². The molecule has 2 aromatic carbocycles. The molecule has 180 valence electrons. The molecule has 0 unspecified atom stereocenters. The zero-order valence-corrected chi connectivity index (χ0v) is 19.4. The van der Waals surface area contributed by atoms with Crippen molar-refractivity contribution in [1.29, 1.82) is 0 Å². The third kappa shape index (κ3) is 6.46. The third-order valence-corrected chi connectivity index (χ3v) is 5.49. The van der Waals surface area contributed by atoms with Crippen molar-refractivity contribution in [2.75, 3.05) is 35.7 Å². The number of urea groups is 1. The summed E-state index contributed by atoms with van der Waals surface area (Å²) in [5.74, 6) is -1.41. The van der Waals surface area contributed by atoms with Crippen LogP contribution in [0, 0.1) is 0 Å². The van der Waals surface area contributed by atoms with Gasteiger partial charge in [0.25, 0.3) is 5.91 Å². The molecule has 0 aromatic heterocycles. The zero-order valence-electron chi connectivity index (χ0n) is 18.7. The molecular weight excluding hydrogens is 464 g/mol. The van der Waals surface area contributed by atoms with E-state index in [0.29, 0.717) is 22.1 Å². The van der Waals surface area contributed by atoms with Gasteiger partial charge in [-0.25, -0.2) is 4.79 Å². The van der Waals surface area contributed by atoms with Gasteiger partial charge in [0.15, 0.2) is 6.61 Å². The Kier molecular flexibility index (Phi) is 8.08. The molecule has 0 aliphatic carbocycles. The second-order valence-electron chi connectivity index (χ2n) is 7.76. The molecule has 2 atom stereocenters. The SMILES string of the molecule is CC(=O)OCC(=O)N(C)c1ccc(NC(=O)[C@H]2C[C@@H](O)CN2C(=O)Nc2ccc(Cl)cc2)cc1. The highest BCUT2D eigenvalue weighted by atomic mass is 35.5. The van der Waals surface area contributed by atoms with Crippen molar-refractivity contribution in [2.45, 2.75) is 25.5 Å². The van der Waals surface area contributed by atoms with Gasteiger partial charge in [-0.1, -0.05) is 11.6 Å². The second kappa shape index (κ2) is 11.0. The molecule has 1 saturated heterocycles. The standard InChI is InChI=1S/C23H25ClN4O6/c1-14(29)34-13-21(31)27(2)18-9-7-16(8-10-18)25-22(32)20-11-19(30)12-28(20)23(33)26-17-5-3-15(24)4-6-17/h3-10,19-20,30H,11-13H2,1-2H3,(H,25,32)(H,26,33)/t19-,20-/m1/s1. The number of aliphatic hydroxyl groups excluding tert-OH is 1. The normalized spacial score (nSPS) is 17.1. The maximum atomic E-state index is 12.9. The van der Waals surface area contributed by atoms with Crippen LogP contribution in [0.4, 0.5) is 21.9 Å². The van der Waals surface area contributed by atoms with Gasteiger partial charge in [0.1, 0.15) is 6.04 Å². The van der Waals surface area contributed by atoms with Gasteiger partial charge < -0.3 is 30.3 Å². The Morgan fingerprint density at radius 3 is 2.26 bits per heavy atom. The highest BCUT2D eigenvalue weighted by Crippen LogP contribution is 2.23. The van der Waals surface area contributed by atoms with Crippen molar-refractivity contribution < 1.29 is 29.0 Å². The first-order chi connectivity index (χ1) is 16.1. The number of anilines is 3. The fourth-order valence-electron chi connectivity index (χ4n) is 3.41. The maximum Gasteiger partial charge on any atom is 0.322 e. The van der Waals surface area contributed by atoms with Crippen molar-refractivity contribution in [2.24, 2.45) is 0 Å². The minimum Gasteiger partial charge on any atom is -0.456 e. The number of esters is 1. The summed E-state index contributed by atoms with van der Waals surface area (Å²) in [6.45, 7) is 0.866. The topological polar surface area (TPSA) is 128 Å². The molecule has 4 amide bonds. The number of benzene rings is 2. The number of nitrogens with zero attached hydrogens (tertiary/aromatic N) is 2. The van der Waals surface area contributed by atoms with Crippen molar-refractivity contribution >= 4 is 52.5 Å². The second-order valence-corrected chi connectivity index (χ2v) is 8.20. The number of carbonyl (C=O) groups excluding carboxylic acids is 4. The maximum absolute atomic E-state index is 12.9. The zero-order chi connectivity index (χ0) is 24.8. The molecule has 3 rings (SSSR count). The Morgan fingerprint density at radius 1 is 1.06 bits per heavy atom. The van der Waals surface area contributed by atoms with Crippen LogP contribution in [0.25, 0.3) is 0 Å². The summed E-state index contributed by atoms with van der Waals surface area (Å²) in [6.07, 6.45) is -0.725. The van der Waals surface area contributed by atoms with Crippen molar-refractivity contribution in [3.63, 3.8) is 0 Å². The molecule has 0 saturated carbocycles. The van der Waals surface area contributed by atoms with Crippen LogP contribution in [-0.4, -0.2) is 66.2 Å². The highest BCUT2D eigenvalue weighted by molar-refractivity contribution is 6.30. The Labute approximate surface area is 201 Å². The first kappa shape index (κ1) is 25.0. The number of halogens is 1. The predicted molar refractivity (Wildman–Crippen MR) is 127 cm³/mol. The fourth-order valence-corrected chi connectivity index (χ4v) is 3.54. The summed E-state index contributed by atoms with van der Waals surface area (Å²) in [4.78, 5) is 51.1. The van der Waals surface area contributed by atoms with E-state index in [1.165, 1.54) is 23.8 Å². The van der Waals surface area contributed by atoms with Gasteiger partial charge in [-0.15, -0.1) is 0 Å². The molecule has 0 bridgehead atoms. The number of hydrogen-bond donors (Lipinski definition) is 3. The number of β-amino-alcohol motifs (C(OH)–C–C–N with tert-alkyl or cyclic N) is 1. The lowest BCUT2D eigenvalue weighted by Gasteiger charge is -2.24. The minimum absolute atomic E-state index is 0.0195. The van der Waals surface area contributed by atoms with Crippen molar-refractivity contribution in [3.05, 3.63) is 53.6 Å². The highest BCUT2D eigenvalue weighted by Gasteiger charge is 2.39. The Hall–Kier alpha value is -3.63. The van der Waals surface area contributed by atoms with Crippen LogP contribution in [0.15, 0.2) is 48.5 Å². The number of nitrogens with one attached hydrogen (secondary N) is 2. The molecule has 11 heteroatoms. The molecule has 1 heterocycles. The number of likely N-dealkylation sites (N-methyl/N-ethyl adjacent to an activating group) is 1. The number of rotatable bonds is 6. The first-order valence-electron chi connectivity index (χ1n) is 10.5. The summed E-state index contributed by atoms with van der Waals surface area (Å²) in [6, 6.07) is 11.6. The molecule has 0 spiro atoms. The van der Waals surface area contributed by atoms with E-state index in [0.717, 1.165) is 0 Å². The van der Waals surface area contributed by atoms with E-state index in [2.05, 4.69) is 10.6 Å². The number of ether oxygens (including phenoxy) is 1. The molecule has 0 radical (unpaired) electrons. The minimum atomic E-state index is -0.866. The first-order valence-corrected chi connectivity index (χ1v) is 10.8. The average molecular weight is 489 g/mol. The lowest BCUT2D eigenvalue weighted by atomic mass is 10.1. The van der Waals surface area contributed by atoms with E-state index in [-0.39, 0.29) is 19.6 Å². The van der Waals surface area contributed by atoms with Crippen molar-refractivity contribution in [3.8, 4) is 0 Å². The van der Waals surface area contributed by atoms with Crippen LogP contribution in [0.3, 0.4) is 0 Å². The average Bonchev–Trinajstić information content (AvgIpc) is 3.21. The van der Waals surface area contributed by atoms with E-state index in [4.69, 9.17) is 16.3 Å². The Morgan fingerprint density at radius 2 is 1.65 bits per heavy atom. The molecule has 1 aliphatic rings. The fraction of sp³-hybridized carbons (Fsp3) is 0.304. The molecule has 10 nitrogen and oxygen atoms in total. The molecule has 34 heavy (non-hydrogen) atoms. The van der Waals surface area contributed by atoms with Crippen molar-refractivity contribution in [1.82, 2.24) is 4.90 Å². The summed E-state index contributed by atoms with van der Waals surface area (Å²) in [5, 5.41) is 16.0. The smallest absolute Gasteiger partial charge is 0.322 e. The van der Waals surface area contributed by atoms with E-state index < -0.39 is 36.0 Å². The number of aliphatic hydroxyl groups is 1. The van der Waals surface area contributed by atoms with Crippen LogP contribution in [0.1, 0.15) is 13.3 Å². The van der Waals surface area contributed by atoms with Crippen LogP contribution in [0.5, 0.6) is 0 Å². The van der Waals surface area contributed by atoms with E-state index in [1.54, 1.807) is 48.5 Å². The monoisotopic (exact) mass is 488 g/mol. The molecular formula is C23H25ClN4O6. The van der Waals surface area contributed by atoms with Crippen LogP contribution in [0.2, 0.25) is 5.02 Å². The Balaban J connectivity index is 1.61. The number of amides is 4. The third-order valence-electron chi connectivity index (χ3n) is 5.23. The van der Waals surface area contributed by atoms with Gasteiger partial charge in [-0.05, 0) is 48.5 Å². The summed E-state index contributed by atoms with van der Waals surface area (Å²) in [5.41, 5.74) is 1.50. The summed E-state index contributed by atoms with van der Waals surface area (Å²) >= 11 is 5.86. The Bertz CT molecular complexity index is 1060. The lowest BCUT2D eigenvalue weighted by molar-refractivity contribution is -0.145. The summed E-state index contributed by atoms with van der Waals surface area (Å²) in [7, 11) is 1.54. The van der Waals surface area contributed by atoms with Gasteiger partial charge in [0.2, 0.25) is 5.91 Å². The van der Waals surface area contributed by atoms with Crippen LogP contribution in [-0.2, 0) is 19.1 Å². The lowest BCUT2D eigenvalue weighted by Crippen LogP contribution is -2.45. The van der Waals surface area contributed by atoms with E-state index in [9.17, 15) is 24.3 Å². The van der Waals surface area contributed by atoms with Gasteiger partial charge >= 0.3 is 12.0 Å². The largest absolute Gasteiger partial charge is 0.456 e. The molecule has 3 N–H and O–H groups in total. The number of hydrogen-bond acceptors (Lipinski definition) is 6. The summed E-state index contributed by atoms with van der Waals surface area (Å²) < 4.78 is 4.71.